The van der Waals surface area contributed by atoms with Crippen molar-refractivity contribution in [2.24, 2.45) is 0 Å². The number of benzene rings is 1. The Morgan fingerprint density at radius 1 is 1.15 bits per heavy atom. The van der Waals surface area contributed by atoms with Gasteiger partial charge in [-0.25, -0.2) is 9.78 Å². The maximum absolute atomic E-state index is 12.8. The summed E-state index contributed by atoms with van der Waals surface area (Å²) in [7, 11) is 0. The predicted molar refractivity (Wildman–Crippen MR) is 106 cm³/mol. The van der Waals surface area contributed by atoms with Crippen LogP contribution in [0.1, 0.15) is 31.1 Å². The summed E-state index contributed by atoms with van der Waals surface area (Å²) in [5.41, 5.74) is 0.917. The third-order valence-corrected chi connectivity index (χ3v) is 4.70. The van der Waals surface area contributed by atoms with Gasteiger partial charge in [-0.3, -0.25) is 4.79 Å². The molecular weight excluding hydrogens is 364 g/mol. The largest absolute Gasteiger partial charge is 0.444 e. The lowest BCUT2D eigenvalue weighted by Gasteiger charge is -2.35. The number of amides is 2. The molecule has 2 aromatic rings. The summed E-state index contributed by atoms with van der Waals surface area (Å²) in [6.45, 7) is 7.45. The zero-order chi connectivity index (χ0) is 19.4. The number of rotatable bonds is 3. The zero-order valence-electron chi connectivity index (χ0n) is 15.8. The van der Waals surface area contributed by atoms with Gasteiger partial charge in [0.25, 0.3) is 5.91 Å². The van der Waals surface area contributed by atoms with Crippen molar-refractivity contribution < 1.29 is 14.3 Å². The highest BCUT2D eigenvalue weighted by molar-refractivity contribution is 7.13. The Hall–Kier alpha value is -2.61. The molecule has 27 heavy (non-hydrogen) atoms. The average Bonchev–Trinajstić information content (AvgIpc) is 3.13. The van der Waals surface area contributed by atoms with Gasteiger partial charge in [0.2, 0.25) is 0 Å². The van der Waals surface area contributed by atoms with Crippen LogP contribution in [0.5, 0.6) is 0 Å². The first kappa shape index (κ1) is 19.2. The standard InChI is InChI=1S/C19H24N4O3S/c1-19(2,3)26-18(25)23-10-8-22(9-11-23)16(24)14-5-4-6-15(13-14)21-17-20-7-12-27-17/h4-7,12-13H,8-11H2,1-3H3,(H,20,21). The van der Waals surface area contributed by atoms with Crippen LogP contribution in [0.2, 0.25) is 0 Å². The summed E-state index contributed by atoms with van der Waals surface area (Å²) in [4.78, 5) is 32.6. The molecule has 0 unspecified atom stereocenters. The molecule has 7 nitrogen and oxygen atoms in total. The molecule has 0 atom stereocenters. The van der Waals surface area contributed by atoms with Gasteiger partial charge in [-0.05, 0) is 39.0 Å². The van der Waals surface area contributed by atoms with Crippen LogP contribution < -0.4 is 5.32 Å². The number of anilines is 2. The maximum Gasteiger partial charge on any atom is 0.410 e. The van der Waals surface area contributed by atoms with Gasteiger partial charge in [-0.15, -0.1) is 11.3 Å². The van der Waals surface area contributed by atoms with Crippen molar-refractivity contribution >= 4 is 34.2 Å². The molecule has 0 radical (unpaired) electrons. The minimum Gasteiger partial charge on any atom is -0.444 e. The van der Waals surface area contributed by atoms with Gasteiger partial charge in [0.1, 0.15) is 5.60 Å². The first-order valence-corrected chi connectivity index (χ1v) is 9.73. The molecule has 0 bridgehead atoms. The molecule has 2 amide bonds. The second kappa shape index (κ2) is 7.96. The minimum atomic E-state index is -0.519. The van der Waals surface area contributed by atoms with E-state index in [0.29, 0.717) is 31.7 Å². The quantitative estimate of drug-likeness (QED) is 0.870. The van der Waals surface area contributed by atoms with E-state index in [0.717, 1.165) is 10.8 Å². The maximum atomic E-state index is 12.8. The average molecular weight is 388 g/mol. The van der Waals surface area contributed by atoms with Crippen LogP contribution in [0.3, 0.4) is 0 Å². The number of ether oxygens (including phenoxy) is 1. The summed E-state index contributed by atoms with van der Waals surface area (Å²) >= 11 is 1.50. The van der Waals surface area contributed by atoms with E-state index in [1.165, 1.54) is 11.3 Å². The monoisotopic (exact) mass is 388 g/mol. The summed E-state index contributed by atoms with van der Waals surface area (Å²) in [6, 6.07) is 7.37. The lowest BCUT2D eigenvalue weighted by molar-refractivity contribution is 0.0141. The van der Waals surface area contributed by atoms with Crippen LogP contribution >= 0.6 is 11.3 Å². The predicted octanol–water partition coefficient (Wildman–Crippen LogP) is 3.58. The molecule has 1 N–H and O–H groups in total. The summed E-state index contributed by atoms with van der Waals surface area (Å²) in [6.07, 6.45) is 1.40. The van der Waals surface area contributed by atoms with Crippen molar-refractivity contribution in [3.63, 3.8) is 0 Å². The van der Waals surface area contributed by atoms with Gasteiger partial charge >= 0.3 is 6.09 Å². The van der Waals surface area contributed by atoms with Crippen LogP contribution in [0.25, 0.3) is 0 Å². The van der Waals surface area contributed by atoms with E-state index in [1.807, 2.05) is 44.4 Å². The van der Waals surface area contributed by atoms with E-state index in [4.69, 9.17) is 4.74 Å². The van der Waals surface area contributed by atoms with Crippen LogP contribution in [-0.4, -0.2) is 58.6 Å². The number of piperazine rings is 1. The molecule has 1 aliphatic rings. The van der Waals surface area contributed by atoms with E-state index in [1.54, 1.807) is 22.1 Å². The Balaban J connectivity index is 1.58. The lowest BCUT2D eigenvalue weighted by atomic mass is 10.1. The van der Waals surface area contributed by atoms with E-state index >= 15 is 0 Å². The number of aromatic nitrogens is 1. The first-order valence-electron chi connectivity index (χ1n) is 8.85. The summed E-state index contributed by atoms with van der Waals surface area (Å²) in [5.74, 6) is -0.0402. The van der Waals surface area contributed by atoms with Crippen molar-refractivity contribution in [3.05, 3.63) is 41.4 Å². The molecule has 1 aliphatic heterocycles. The fraction of sp³-hybridized carbons (Fsp3) is 0.421. The molecular formula is C19H24N4O3S. The van der Waals surface area contributed by atoms with Crippen molar-refractivity contribution in [3.8, 4) is 0 Å². The molecule has 0 aliphatic carbocycles. The molecule has 3 rings (SSSR count). The molecule has 144 valence electrons. The number of hydrogen-bond donors (Lipinski definition) is 1. The second-order valence-corrected chi connectivity index (χ2v) is 8.20. The van der Waals surface area contributed by atoms with Crippen LogP contribution in [-0.2, 0) is 4.74 Å². The Bertz CT molecular complexity index is 794. The van der Waals surface area contributed by atoms with E-state index in [2.05, 4.69) is 10.3 Å². The number of hydrogen-bond acceptors (Lipinski definition) is 6. The summed E-state index contributed by atoms with van der Waals surface area (Å²) < 4.78 is 5.39. The normalized spacial score (nSPS) is 14.8. The highest BCUT2D eigenvalue weighted by atomic mass is 32.1. The number of nitrogens with one attached hydrogen (secondary N) is 1. The molecule has 0 spiro atoms. The Morgan fingerprint density at radius 2 is 1.85 bits per heavy atom. The van der Waals surface area contributed by atoms with Gasteiger partial charge < -0.3 is 19.9 Å². The topological polar surface area (TPSA) is 74.8 Å². The zero-order valence-corrected chi connectivity index (χ0v) is 16.6. The van der Waals surface area contributed by atoms with Crippen molar-refractivity contribution in [1.82, 2.24) is 14.8 Å². The molecule has 1 aromatic carbocycles. The van der Waals surface area contributed by atoms with E-state index in [-0.39, 0.29) is 12.0 Å². The highest BCUT2D eigenvalue weighted by Crippen LogP contribution is 2.21. The Kier molecular flexibility index (Phi) is 5.65. The van der Waals surface area contributed by atoms with Gasteiger partial charge in [-0.1, -0.05) is 6.07 Å². The molecule has 1 saturated heterocycles. The van der Waals surface area contributed by atoms with Crippen molar-refractivity contribution in [2.45, 2.75) is 26.4 Å². The van der Waals surface area contributed by atoms with Gasteiger partial charge in [0.15, 0.2) is 5.13 Å². The van der Waals surface area contributed by atoms with Crippen LogP contribution in [0.4, 0.5) is 15.6 Å². The van der Waals surface area contributed by atoms with Crippen LogP contribution in [0.15, 0.2) is 35.8 Å². The van der Waals surface area contributed by atoms with Crippen molar-refractivity contribution in [2.75, 3.05) is 31.5 Å². The third kappa shape index (κ3) is 5.19. The highest BCUT2D eigenvalue weighted by Gasteiger charge is 2.28. The molecule has 8 heteroatoms. The number of nitrogens with zero attached hydrogens (tertiary/aromatic N) is 3. The van der Waals surface area contributed by atoms with Gasteiger partial charge in [0.05, 0.1) is 0 Å². The molecule has 2 heterocycles. The van der Waals surface area contributed by atoms with Crippen molar-refractivity contribution in [1.29, 1.82) is 0 Å². The Morgan fingerprint density at radius 3 is 2.48 bits per heavy atom. The Labute approximate surface area is 162 Å². The summed E-state index contributed by atoms with van der Waals surface area (Å²) in [5, 5.41) is 5.87. The number of thiazole rings is 1. The SMILES string of the molecule is CC(C)(C)OC(=O)N1CCN(C(=O)c2cccc(Nc3nccs3)c2)CC1. The smallest absolute Gasteiger partial charge is 0.410 e. The van der Waals surface area contributed by atoms with E-state index in [9.17, 15) is 9.59 Å². The van der Waals surface area contributed by atoms with Gasteiger partial charge in [-0.2, -0.15) is 0 Å². The number of carbonyl (C=O) groups is 2. The molecule has 1 aromatic heterocycles. The first-order chi connectivity index (χ1) is 12.8. The molecule has 0 saturated carbocycles. The van der Waals surface area contributed by atoms with Crippen LogP contribution in [0, 0.1) is 0 Å². The van der Waals surface area contributed by atoms with Gasteiger partial charge in [0, 0.05) is 49.0 Å². The fourth-order valence-electron chi connectivity index (χ4n) is 2.74. The minimum absolute atomic E-state index is 0.0402. The third-order valence-electron chi connectivity index (χ3n) is 4.01. The fourth-order valence-corrected chi connectivity index (χ4v) is 3.29. The lowest BCUT2D eigenvalue weighted by Crippen LogP contribution is -2.51. The molecule has 1 fully saturated rings. The second-order valence-electron chi connectivity index (χ2n) is 7.30. The number of carbonyl (C=O) groups excluding carboxylic acids is 2. The van der Waals surface area contributed by atoms with E-state index < -0.39 is 5.60 Å².